The van der Waals surface area contributed by atoms with Crippen LogP contribution in [0.15, 0.2) is 18.2 Å². The Morgan fingerprint density at radius 1 is 1.47 bits per heavy atom. The van der Waals surface area contributed by atoms with Gasteiger partial charge in [0.25, 0.3) is 0 Å². The topological polar surface area (TPSA) is 57.1 Å². The van der Waals surface area contributed by atoms with Crippen LogP contribution in [-0.2, 0) is 16.6 Å². The molecule has 0 heterocycles. The van der Waals surface area contributed by atoms with Crippen molar-refractivity contribution in [2.24, 2.45) is 0 Å². The Kier molecular flexibility index (Phi) is 3.15. The molecule has 0 amide bonds. The zero-order valence-corrected chi connectivity index (χ0v) is 10.9. The van der Waals surface area contributed by atoms with Gasteiger partial charge in [-0.3, -0.25) is 0 Å². The predicted molar refractivity (Wildman–Crippen MR) is 66.9 cm³/mol. The molecule has 0 saturated carbocycles. The van der Waals surface area contributed by atoms with E-state index in [1.54, 1.807) is 6.07 Å². The van der Waals surface area contributed by atoms with Crippen molar-refractivity contribution >= 4 is 0 Å². The SMILES string of the molecule is CCOC1Cc2ccc(O)cc2C(C)(C)C1[NH3+]. The van der Waals surface area contributed by atoms with Crippen LogP contribution in [0.4, 0.5) is 0 Å². The lowest BCUT2D eigenvalue weighted by Gasteiger charge is -2.40. The molecule has 0 aromatic heterocycles. The molecule has 1 aliphatic rings. The van der Waals surface area contributed by atoms with E-state index in [2.05, 4.69) is 19.6 Å². The predicted octanol–water partition coefficient (Wildman–Crippen LogP) is 1.24. The number of rotatable bonds is 2. The summed E-state index contributed by atoms with van der Waals surface area (Å²) in [4.78, 5) is 0. The second-order valence-corrected chi connectivity index (χ2v) is 5.37. The maximum absolute atomic E-state index is 9.62. The summed E-state index contributed by atoms with van der Waals surface area (Å²) in [5, 5.41) is 9.62. The molecule has 17 heavy (non-hydrogen) atoms. The molecule has 1 aromatic carbocycles. The van der Waals surface area contributed by atoms with Gasteiger partial charge in [-0.2, -0.15) is 0 Å². The molecule has 1 aliphatic carbocycles. The molecular formula is C14H22NO2+. The lowest BCUT2D eigenvalue weighted by atomic mass is 9.68. The fourth-order valence-corrected chi connectivity index (χ4v) is 2.75. The number of phenolic OH excluding ortho intramolecular Hbond substituents is 1. The molecular weight excluding hydrogens is 214 g/mol. The molecule has 3 heteroatoms. The van der Waals surface area contributed by atoms with Crippen LogP contribution in [0.2, 0.25) is 0 Å². The molecule has 0 spiro atoms. The van der Waals surface area contributed by atoms with E-state index in [0.29, 0.717) is 5.75 Å². The first-order chi connectivity index (χ1) is 7.96. The molecule has 2 unspecified atom stereocenters. The van der Waals surface area contributed by atoms with E-state index in [9.17, 15) is 5.11 Å². The highest BCUT2D eigenvalue weighted by Crippen LogP contribution is 2.38. The highest BCUT2D eigenvalue weighted by atomic mass is 16.5. The number of fused-ring (bicyclic) bond motifs is 1. The number of hydrogen-bond acceptors (Lipinski definition) is 2. The van der Waals surface area contributed by atoms with Gasteiger partial charge >= 0.3 is 0 Å². The van der Waals surface area contributed by atoms with E-state index < -0.39 is 0 Å². The molecule has 2 atom stereocenters. The molecule has 0 aliphatic heterocycles. The van der Waals surface area contributed by atoms with Crippen LogP contribution >= 0.6 is 0 Å². The average molecular weight is 236 g/mol. The van der Waals surface area contributed by atoms with Gasteiger partial charge < -0.3 is 15.6 Å². The molecule has 4 N–H and O–H groups in total. The van der Waals surface area contributed by atoms with Crippen LogP contribution in [0.25, 0.3) is 0 Å². The highest BCUT2D eigenvalue weighted by Gasteiger charge is 2.43. The fraction of sp³-hybridized carbons (Fsp3) is 0.571. The monoisotopic (exact) mass is 236 g/mol. The maximum atomic E-state index is 9.62. The minimum atomic E-state index is -0.0633. The molecule has 0 fully saturated rings. The van der Waals surface area contributed by atoms with E-state index in [0.717, 1.165) is 13.0 Å². The van der Waals surface area contributed by atoms with Crippen LogP contribution in [0, 0.1) is 0 Å². The first-order valence-electron chi connectivity index (χ1n) is 6.24. The summed E-state index contributed by atoms with van der Waals surface area (Å²) in [6.07, 6.45) is 1.06. The standard InChI is InChI=1S/C14H21NO2/c1-4-17-12-7-9-5-6-10(16)8-11(9)14(2,3)13(12)15/h5-6,8,12-13,16H,4,7,15H2,1-3H3/p+1. The maximum Gasteiger partial charge on any atom is 0.120 e. The van der Waals surface area contributed by atoms with E-state index in [1.807, 2.05) is 19.1 Å². The fourth-order valence-electron chi connectivity index (χ4n) is 2.75. The molecule has 3 nitrogen and oxygen atoms in total. The van der Waals surface area contributed by atoms with Crippen molar-refractivity contribution in [2.45, 2.75) is 44.8 Å². The summed E-state index contributed by atoms with van der Waals surface area (Å²) < 4.78 is 5.79. The van der Waals surface area contributed by atoms with Gasteiger partial charge in [0.2, 0.25) is 0 Å². The summed E-state index contributed by atoms with van der Waals surface area (Å²) in [6, 6.07) is 5.83. The van der Waals surface area contributed by atoms with Crippen LogP contribution in [-0.4, -0.2) is 23.9 Å². The number of benzene rings is 1. The van der Waals surface area contributed by atoms with E-state index in [4.69, 9.17) is 4.74 Å². The van der Waals surface area contributed by atoms with Gasteiger partial charge in [0.05, 0.1) is 0 Å². The summed E-state index contributed by atoms with van der Waals surface area (Å²) in [6.45, 7) is 7.09. The smallest absolute Gasteiger partial charge is 0.120 e. The Morgan fingerprint density at radius 2 is 2.18 bits per heavy atom. The van der Waals surface area contributed by atoms with Crippen molar-refractivity contribution in [3.8, 4) is 5.75 Å². The summed E-state index contributed by atoms with van der Waals surface area (Å²) in [5.74, 6) is 0.332. The molecule has 0 saturated heterocycles. The number of phenols is 1. The quantitative estimate of drug-likeness (QED) is 0.811. The average Bonchev–Trinajstić information content (AvgIpc) is 2.28. The number of ether oxygens (including phenoxy) is 1. The lowest BCUT2D eigenvalue weighted by Crippen LogP contribution is -2.75. The third-order valence-corrected chi connectivity index (χ3v) is 3.97. The van der Waals surface area contributed by atoms with Gasteiger partial charge in [0.15, 0.2) is 0 Å². The third kappa shape index (κ3) is 2.05. The minimum absolute atomic E-state index is 0.0633. The van der Waals surface area contributed by atoms with Crippen LogP contribution in [0.3, 0.4) is 0 Å². The van der Waals surface area contributed by atoms with Crippen LogP contribution < -0.4 is 5.73 Å². The number of quaternary nitrogens is 1. The third-order valence-electron chi connectivity index (χ3n) is 3.97. The Morgan fingerprint density at radius 3 is 2.82 bits per heavy atom. The normalized spacial score (nSPS) is 26.6. The van der Waals surface area contributed by atoms with E-state index in [1.165, 1.54) is 11.1 Å². The largest absolute Gasteiger partial charge is 0.508 e. The Bertz CT molecular complexity index is 415. The zero-order chi connectivity index (χ0) is 12.6. The molecule has 94 valence electrons. The van der Waals surface area contributed by atoms with Crippen molar-refractivity contribution in [1.29, 1.82) is 0 Å². The van der Waals surface area contributed by atoms with Gasteiger partial charge in [-0.25, -0.2) is 0 Å². The van der Waals surface area contributed by atoms with Crippen LogP contribution in [0.1, 0.15) is 31.9 Å². The first-order valence-corrected chi connectivity index (χ1v) is 6.24. The Hall–Kier alpha value is -1.06. The van der Waals surface area contributed by atoms with Crippen molar-refractivity contribution in [2.75, 3.05) is 6.61 Å². The van der Waals surface area contributed by atoms with Gasteiger partial charge in [-0.05, 0) is 44.0 Å². The van der Waals surface area contributed by atoms with Crippen molar-refractivity contribution in [3.63, 3.8) is 0 Å². The summed E-state index contributed by atoms with van der Waals surface area (Å²) in [7, 11) is 0. The van der Waals surface area contributed by atoms with Crippen molar-refractivity contribution in [1.82, 2.24) is 0 Å². The summed E-state index contributed by atoms with van der Waals surface area (Å²) >= 11 is 0. The number of hydrogen-bond donors (Lipinski definition) is 2. The highest BCUT2D eigenvalue weighted by molar-refractivity contribution is 5.43. The summed E-state index contributed by atoms with van der Waals surface area (Å²) in [5.41, 5.74) is 6.68. The zero-order valence-electron chi connectivity index (χ0n) is 10.9. The van der Waals surface area contributed by atoms with Gasteiger partial charge in [0.1, 0.15) is 17.9 Å². The second-order valence-electron chi connectivity index (χ2n) is 5.37. The molecule has 0 bridgehead atoms. The lowest BCUT2D eigenvalue weighted by molar-refractivity contribution is -0.456. The molecule has 0 radical (unpaired) electrons. The van der Waals surface area contributed by atoms with Gasteiger partial charge in [0, 0.05) is 18.4 Å². The second kappa shape index (κ2) is 4.31. The van der Waals surface area contributed by atoms with Gasteiger partial charge in [-0.15, -0.1) is 0 Å². The Labute approximate surface area is 103 Å². The minimum Gasteiger partial charge on any atom is -0.508 e. The van der Waals surface area contributed by atoms with Crippen molar-refractivity contribution < 1.29 is 15.6 Å². The Balaban J connectivity index is 2.44. The van der Waals surface area contributed by atoms with E-state index in [-0.39, 0.29) is 17.6 Å². The van der Waals surface area contributed by atoms with E-state index >= 15 is 0 Å². The van der Waals surface area contributed by atoms with Gasteiger partial charge in [-0.1, -0.05) is 6.07 Å². The molecule has 2 rings (SSSR count). The number of aromatic hydroxyl groups is 1. The van der Waals surface area contributed by atoms with Crippen molar-refractivity contribution in [3.05, 3.63) is 29.3 Å². The first kappa shape index (κ1) is 12.4. The molecule has 1 aromatic rings. The van der Waals surface area contributed by atoms with Crippen LogP contribution in [0.5, 0.6) is 5.75 Å².